The number of ketones is 1. The SMILES string of the molecule is CCC[C@@H](O)COc1cccc(-c2nc(C(C(C)=O)=C(C)N)c(C)c(N3CC4(CCN(C(=O)OC)CC4)C3)n2)c1Cl. The Labute approximate surface area is 246 Å². The number of ether oxygens (including phenoxy) is 2. The Kier molecular flexibility index (Phi) is 9.44. The van der Waals surface area contributed by atoms with Crippen LogP contribution in [-0.2, 0) is 9.53 Å². The van der Waals surface area contributed by atoms with Crippen LogP contribution < -0.4 is 15.4 Å². The molecule has 1 aromatic carbocycles. The summed E-state index contributed by atoms with van der Waals surface area (Å²) in [5.41, 5.74) is 8.77. The van der Waals surface area contributed by atoms with E-state index in [-0.39, 0.29) is 23.9 Å². The van der Waals surface area contributed by atoms with Gasteiger partial charge in [-0.2, -0.15) is 0 Å². The maximum atomic E-state index is 12.7. The average molecular weight is 586 g/mol. The lowest BCUT2D eigenvalue weighted by Gasteiger charge is -2.54. The van der Waals surface area contributed by atoms with Gasteiger partial charge in [-0.15, -0.1) is 0 Å². The molecule has 1 atom stereocenters. The molecule has 0 bridgehead atoms. The van der Waals surface area contributed by atoms with E-state index in [0.29, 0.717) is 64.5 Å². The van der Waals surface area contributed by atoms with Gasteiger partial charge in [-0.3, -0.25) is 4.79 Å². The molecule has 4 rings (SSSR count). The Morgan fingerprint density at radius 3 is 2.46 bits per heavy atom. The Hall–Kier alpha value is -3.37. The van der Waals surface area contributed by atoms with Crippen molar-refractivity contribution < 1.29 is 24.2 Å². The van der Waals surface area contributed by atoms with Crippen molar-refractivity contribution in [2.24, 2.45) is 11.1 Å². The van der Waals surface area contributed by atoms with Gasteiger partial charge < -0.3 is 30.1 Å². The van der Waals surface area contributed by atoms with Crippen LogP contribution in [0.15, 0.2) is 23.9 Å². The van der Waals surface area contributed by atoms with Gasteiger partial charge in [0.2, 0.25) is 0 Å². The largest absolute Gasteiger partial charge is 0.489 e. The van der Waals surface area contributed by atoms with Crippen molar-refractivity contribution in [3.8, 4) is 17.1 Å². The van der Waals surface area contributed by atoms with Crippen molar-refractivity contribution in [1.82, 2.24) is 14.9 Å². The van der Waals surface area contributed by atoms with Crippen molar-refractivity contribution in [1.29, 1.82) is 0 Å². The number of aliphatic hydroxyl groups excluding tert-OH is 1. The number of hydrogen-bond donors (Lipinski definition) is 2. The molecule has 10 nitrogen and oxygen atoms in total. The molecule has 0 unspecified atom stereocenters. The number of piperidine rings is 1. The highest BCUT2D eigenvalue weighted by atomic mass is 35.5. The molecule has 0 radical (unpaired) electrons. The summed E-state index contributed by atoms with van der Waals surface area (Å²) in [6, 6.07) is 5.35. The summed E-state index contributed by atoms with van der Waals surface area (Å²) >= 11 is 6.80. The van der Waals surface area contributed by atoms with Gasteiger partial charge in [0.1, 0.15) is 18.2 Å². The first-order valence-electron chi connectivity index (χ1n) is 14.0. The molecule has 2 aliphatic rings. The van der Waals surface area contributed by atoms with Gasteiger partial charge >= 0.3 is 6.09 Å². The number of anilines is 1. The molecule has 1 spiro atoms. The maximum Gasteiger partial charge on any atom is 0.409 e. The zero-order valence-corrected chi connectivity index (χ0v) is 25.3. The summed E-state index contributed by atoms with van der Waals surface area (Å²) < 4.78 is 10.7. The Morgan fingerprint density at radius 1 is 1.20 bits per heavy atom. The van der Waals surface area contributed by atoms with Crippen LogP contribution in [0.2, 0.25) is 5.02 Å². The van der Waals surface area contributed by atoms with E-state index in [1.807, 2.05) is 19.9 Å². The first kappa shape index (κ1) is 30.6. The van der Waals surface area contributed by atoms with Crippen LogP contribution in [0.1, 0.15) is 57.7 Å². The standard InChI is InChI=1S/C30H40ClN5O5/c1-6-8-21(38)15-41-23-10-7-9-22(25(23)31)27-33-26(24(19(3)32)20(4)37)18(2)28(34-27)36-16-30(17-36)11-13-35(14-12-30)29(39)40-5/h7,9-10,21,38H,6,8,11-17,32H2,1-5H3/t21-/m1/s1. The second kappa shape index (κ2) is 12.7. The molecule has 2 saturated heterocycles. The number of nitrogens with zero attached hydrogens (tertiary/aromatic N) is 4. The number of nitrogens with two attached hydrogens (primary N) is 1. The Morgan fingerprint density at radius 2 is 1.88 bits per heavy atom. The lowest BCUT2D eigenvalue weighted by atomic mass is 9.72. The third-order valence-electron chi connectivity index (χ3n) is 7.97. The van der Waals surface area contributed by atoms with Gasteiger partial charge in [0.05, 0.1) is 29.5 Å². The lowest BCUT2D eigenvalue weighted by Crippen LogP contribution is -2.61. The van der Waals surface area contributed by atoms with Crippen molar-refractivity contribution in [2.45, 2.75) is 59.5 Å². The molecule has 3 N–H and O–H groups in total. The molecular formula is C30H40ClN5O5. The molecule has 0 aliphatic carbocycles. The van der Waals surface area contributed by atoms with Crippen LogP contribution in [-0.4, -0.2) is 77.9 Å². The van der Waals surface area contributed by atoms with Gasteiger partial charge in [-0.25, -0.2) is 14.8 Å². The highest BCUT2D eigenvalue weighted by Crippen LogP contribution is 2.44. The van der Waals surface area contributed by atoms with Gasteiger partial charge in [0.25, 0.3) is 0 Å². The molecule has 2 fully saturated rings. The summed E-state index contributed by atoms with van der Waals surface area (Å²) in [5, 5.41) is 10.5. The number of carbonyl (C=O) groups excluding carboxylic acids is 2. The van der Waals surface area contributed by atoms with Gasteiger partial charge in [0, 0.05) is 48.4 Å². The van der Waals surface area contributed by atoms with Gasteiger partial charge in [-0.1, -0.05) is 31.0 Å². The third-order valence-corrected chi connectivity index (χ3v) is 8.36. The quantitative estimate of drug-likeness (QED) is 0.405. The number of methoxy groups -OCH3 is 1. The van der Waals surface area contributed by atoms with Crippen LogP contribution in [0.4, 0.5) is 10.6 Å². The molecule has 222 valence electrons. The summed E-state index contributed by atoms with van der Waals surface area (Å²) in [5.74, 6) is 1.30. The zero-order valence-electron chi connectivity index (χ0n) is 24.5. The first-order valence-corrected chi connectivity index (χ1v) is 14.4. The number of rotatable bonds is 9. The molecule has 41 heavy (non-hydrogen) atoms. The van der Waals surface area contributed by atoms with E-state index in [2.05, 4.69) is 4.90 Å². The number of hydrogen-bond acceptors (Lipinski definition) is 9. The smallest absolute Gasteiger partial charge is 0.409 e. The third kappa shape index (κ3) is 6.43. The molecule has 3 heterocycles. The number of carbonyl (C=O) groups is 2. The van der Waals surface area contributed by atoms with E-state index in [4.69, 9.17) is 36.8 Å². The fourth-order valence-electron chi connectivity index (χ4n) is 5.73. The molecular weight excluding hydrogens is 546 g/mol. The van der Waals surface area contributed by atoms with Crippen molar-refractivity contribution in [3.05, 3.63) is 40.2 Å². The second-order valence-electron chi connectivity index (χ2n) is 11.1. The topological polar surface area (TPSA) is 131 Å². The summed E-state index contributed by atoms with van der Waals surface area (Å²) in [4.78, 5) is 38.4. The van der Waals surface area contributed by atoms with Crippen LogP contribution in [0, 0.1) is 12.3 Å². The molecule has 2 aliphatic heterocycles. The minimum atomic E-state index is -0.595. The predicted molar refractivity (Wildman–Crippen MR) is 159 cm³/mol. The average Bonchev–Trinajstić information content (AvgIpc) is 2.92. The highest BCUT2D eigenvalue weighted by molar-refractivity contribution is 6.34. The van der Waals surface area contributed by atoms with E-state index in [1.165, 1.54) is 14.0 Å². The van der Waals surface area contributed by atoms with Crippen molar-refractivity contribution >= 4 is 34.9 Å². The van der Waals surface area contributed by atoms with E-state index in [0.717, 1.165) is 37.9 Å². The minimum absolute atomic E-state index is 0.0794. The number of amides is 1. The minimum Gasteiger partial charge on any atom is -0.489 e. The van der Waals surface area contributed by atoms with E-state index < -0.39 is 6.10 Å². The lowest BCUT2D eigenvalue weighted by molar-refractivity contribution is -0.111. The van der Waals surface area contributed by atoms with Crippen molar-refractivity contribution in [3.63, 3.8) is 0 Å². The van der Waals surface area contributed by atoms with Crippen LogP contribution in [0.3, 0.4) is 0 Å². The number of allylic oxidation sites excluding steroid dienone is 2. The van der Waals surface area contributed by atoms with Gasteiger partial charge in [-0.05, 0) is 52.2 Å². The molecule has 0 saturated carbocycles. The van der Waals surface area contributed by atoms with Crippen molar-refractivity contribution in [2.75, 3.05) is 44.8 Å². The van der Waals surface area contributed by atoms with E-state index >= 15 is 0 Å². The second-order valence-corrected chi connectivity index (χ2v) is 11.5. The van der Waals surface area contributed by atoms with Crippen LogP contribution in [0.25, 0.3) is 17.0 Å². The van der Waals surface area contributed by atoms with Crippen LogP contribution >= 0.6 is 11.6 Å². The fourth-order valence-corrected chi connectivity index (χ4v) is 5.99. The molecule has 1 aromatic heterocycles. The molecule has 2 aromatic rings. The van der Waals surface area contributed by atoms with Gasteiger partial charge in [0.15, 0.2) is 11.6 Å². The van der Waals surface area contributed by atoms with E-state index in [1.54, 1.807) is 24.0 Å². The first-order chi connectivity index (χ1) is 19.5. The zero-order chi connectivity index (χ0) is 29.9. The maximum absolute atomic E-state index is 12.7. The highest BCUT2D eigenvalue weighted by Gasteiger charge is 2.47. The fraction of sp³-hybridized carbons (Fsp3) is 0.533. The molecule has 1 amide bonds. The monoisotopic (exact) mass is 585 g/mol. The Bertz CT molecular complexity index is 1330. The number of aromatic nitrogens is 2. The predicted octanol–water partition coefficient (Wildman–Crippen LogP) is 4.59. The normalized spacial score (nSPS) is 17.5. The number of halogens is 1. The summed E-state index contributed by atoms with van der Waals surface area (Å²) in [7, 11) is 1.40. The number of Topliss-reactive ketones (excluding diaryl/α,β-unsaturated/α-hetero) is 1. The number of aliphatic hydroxyl groups is 1. The number of benzene rings is 1. The number of likely N-dealkylation sites (tertiary alicyclic amines) is 1. The summed E-state index contributed by atoms with van der Waals surface area (Å²) in [6.07, 6.45) is 2.33. The van der Waals surface area contributed by atoms with Crippen LogP contribution in [0.5, 0.6) is 5.75 Å². The Balaban J connectivity index is 1.69. The molecule has 11 heteroatoms. The van der Waals surface area contributed by atoms with E-state index in [9.17, 15) is 14.7 Å². The summed E-state index contributed by atoms with van der Waals surface area (Å²) in [6.45, 7) is 10.0.